The number of aromatic nitrogens is 2. The van der Waals surface area contributed by atoms with Gasteiger partial charge in [-0.2, -0.15) is 5.10 Å². The van der Waals surface area contributed by atoms with Crippen molar-refractivity contribution in [1.29, 1.82) is 0 Å². The molecule has 0 bridgehead atoms. The van der Waals surface area contributed by atoms with Gasteiger partial charge in [0.15, 0.2) is 0 Å². The van der Waals surface area contributed by atoms with Crippen LogP contribution in [0.15, 0.2) is 33.8 Å². The summed E-state index contributed by atoms with van der Waals surface area (Å²) < 4.78 is 29.6. The van der Waals surface area contributed by atoms with Crippen molar-refractivity contribution >= 4 is 31.6 Å². The number of rotatable bonds is 5. The summed E-state index contributed by atoms with van der Waals surface area (Å²) in [4.78, 5) is 0.0833. The van der Waals surface area contributed by atoms with Gasteiger partial charge in [0.25, 0.3) is 10.0 Å². The molecule has 0 spiro atoms. The lowest BCUT2D eigenvalue weighted by Gasteiger charge is -2.10. The normalized spacial score (nSPS) is 11.6. The zero-order valence-electron chi connectivity index (χ0n) is 11.7. The lowest BCUT2D eigenvalue weighted by atomic mass is 10.2. The largest absolute Gasteiger partial charge is 0.392 e. The number of sulfonamides is 1. The lowest BCUT2D eigenvalue weighted by Crippen LogP contribution is -2.14. The van der Waals surface area contributed by atoms with Crippen LogP contribution in [-0.4, -0.2) is 23.3 Å². The number of hydrogen-bond acceptors (Lipinski definition) is 4. The summed E-state index contributed by atoms with van der Waals surface area (Å²) in [5, 5.41) is 13.4. The second-order valence-electron chi connectivity index (χ2n) is 4.55. The summed E-state index contributed by atoms with van der Waals surface area (Å²) in [6.07, 6.45) is 2.25. The van der Waals surface area contributed by atoms with Crippen LogP contribution in [-0.2, 0) is 30.1 Å². The highest BCUT2D eigenvalue weighted by Gasteiger charge is 2.20. The van der Waals surface area contributed by atoms with E-state index in [2.05, 4.69) is 25.8 Å². The van der Waals surface area contributed by atoms with Crippen LogP contribution in [0, 0.1) is 0 Å². The number of aryl methyl sites for hydroxylation is 2. The van der Waals surface area contributed by atoms with E-state index in [9.17, 15) is 8.42 Å². The summed E-state index contributed by atoms with van der Waals surface area (Å²) in [5.74, 6) is 0. The van der Waals surface area contributed by atoms with Crippen LogP contribution >= 0.6 is 15.9 Å². The van der Waals surface area contributed by atoms with Gasteiger partial charge < -0.3 is 5.11 Å². The lowest BCUT2D eigenvalue weighted by molar-refractivity contribution is 0.281. The molecule has 0 aliphatic heterocycles. The van der Waals surface area contributed by atoms with E-state index in [1.807, 2.05) is 6.92 Å². The maximum Gasteiger partial charge on any atom is 0.263 e. The predicted octanol–water partition coefficient (Wildman–Crippen LogP) is 2.04. The molecule has 0 fully saturated rings. The molecule has 0 radical (unpaired) electrons. The number of benzene rings is 1. The third-order valence-electron chi connectivity index (χ3n) is 2.95. The number of nitrogens with zero attached hydrogens (tertiary/aromatic N) is 2. The highest BCUT2D eigenvalue weighted by Crippen LogP contribution is 2.26. The summed E-state index contributed by atoms with van der Waals surface area (Å²) in [7, 11) is -2.02. The highest BCUT2D eigenvalue weighted by atomic mass is 79.9. The predicted molar refractivity (Wildman–Crippen MR) is 83.5 cm³/mol. The van der Waals surface area contributed by atoms with Crippen LogP contribution in [0.1, 0.15) is 18.2 Å². The van der Waals surface area contributed by atoms with E-state index in [4.69, 9.17) is 5.11 Å². The third-order valence-corrected chi connectivity index (χ3v) is 5.31. The van der Waals surface area contributed by atoms with Crippen molar-refractivity contribution in [2.45, 2.75) is 24.8 Å². The molecule has 1 heterocycles. The Morgan fingerprint density at radius 2 is 2.14 bits per heavy atom. The molecule has 0 unspecified atom stereocenters. The van der Waals surface area contributed by atoms with Crippen molar-refractivity contribution in [3.63, 3.8) is 0 Å². The number of aliphatic hydroxyl groups is 1. The molecule has 2 rings (SSSR count). The number of hydrogen-bond donors (Lipinski definition) is 2. The van der Waals surface area contributed by atoms with Gasteiger partial charge in [0.1, 0.15) is 4.90 Å². The number of halogens is 1. The molecule has 2 N–H and O–H groups in total. The zero-order valence-corrected chi connectivity index (χ0v) is 14.1. The molecule has 0 atom stereocenters. The molecule has 0 amide bonds. The summed E-state index contributed by atoms with van der Waals surface area (Å²) in [6, 6.07) is 4.70. The number of aliphatic hydroxyl groups excluding tert-OH is 1. The van der Waals surface area contributed by atoms with Crippen molar-refractivity contribution in [2.75, 3.05) is 4.72 Å². The molecule has 1 aromatic heterocycles. The van der Waals surface area contributed by atoms with Gasteiger partial charge in [-0.15, -0.1) is 0 Å². The SMILES string of the molecule is CCc1nn(C)cc1NS(=O)(=O)c1cc(CO)ccc1Br. The number of anilines is 1. The van der Waals surface area contributed by atoms with Gasteiger partial charge in [-0.25, -0.2) is 8.42 Å². The summed E-state index contributed by atoms with van der Waals surface area (Å²) >= 11 is 3.23. The molecule has 6 nitrogen and oxygen atoms in total. The Morgan fingerprint density at radius 3 is 2.76 bits per heavy atom. The average molecular weight is 374 g/mol. The van der Waals surface area contributed by atoms with Gasteiger partial charge >= 0.3 is 0 Å². The van der Waals surface area contributed by atoms with Crippen molar-refractivity contribution < 1.29 is 13.5 Å². The van der Waals surface area contributed by atoms with Gasteiger partial charge in [-0.05, 0) is 40.0 Å². The highest BCUT2D eigenvalue weighted by molar-refractivity contribution is 9.10. The maximum absolute atomic E-state index is 12.5. The van der Waals surface area contributed by atoms with E-state index in [1.165, 1.54) is 6.07 Å². The first-order valence-corrected chi connectivity index (χ1v) is 8.59. The fourth-order valence-electron chi connectivity index (χ4n) is 1.93. The van der Waals surface area contributed by atoms with Gasteiger partial charge in [0, 0.05) is 17.7 Å². The molecule has 8 heteroatoms. The van der Waals surface area contributed by atoms with E-state index in [0.29, 0.717) is 27.8 Å². The first kappa shape index (κ1) is 16.0. The Morgan fingerprint density at radius 1 is 1.43 bits per heavy atom. The van der Waals surface area contributed by atoms with Crippen LogP contribution in [0.4, 0.5) is 5.69 Å². The van der Waals surface area contributed by atoms with Crippen molar-refractivity contribution in [2.24, 2.45) is 7.05 Å². The standard InChI is InChI=1S/C13H16BrN3O3S/c1-3-11-12(7-17(2)15-11)16-21(19,20)13-6-9(8-18)4-5-10(13)14/h4-7,16,18H,3,8H2,1-2H3. The summed E-state index contributed by atoms with van der Waals surface area (Å²) in [6.45, 7) is 1.69. The monoisotopic (exact) mass is 373 g/mol. The van der Waals surface area contributed by atoms with Crippen LogP contribution in [0.2, 0.25) is 0 Å². The Labute approximate surface area is 132 Å². The Balaban J connectivity index is 2.42. The van der Waals surface area contributed by atoms with Crippen molar-refractivity contribution in [3.8, 4) is 0 Å². The van der Waals surface area contributed by atoms with Gasteiger partial charge in [-0.1, -0.05) is 13.0 Å². The fourth-order valence-corrected chi connectivity index (χ4v) is 4.02. The quantitative estimate of drug-likeness (QED) is 0.839. The molecule has 114 valence electrons. The molecular formula is C13H16BrN3O3S. The molecular weight excluding hydrogens is 358 g/mol. The summed E-state index contributed by atoms with van der Waals surface area (Å²) in [5.41, 5.74) is 1.66. The average Bonchev–Trinajstić information content (AvgIpc) is 2.78. The molecule has 0 saturated carbocycles. The first-order chi connectivity index (χ1) is 9.87. The van der Waals surface area contributed by atoms with E-state index >= 15 is 0 Å². The van der Waals surface area contributed by atoms with Crippen molar-refractivity contribution in [3.05, 3.63) is 40.1 Å². The fraction of sp³-hybridized carbons (Fsp3) is 0.308. The smallest absolute Gasteiger partial charge is 0.263 e. The minimum Gasteiger partial charge on any atom is -0.392 e. The van der Waals surface area contributed by atoms with Crippen LogP contribution in [0.5, 0.6) is 0 Å². The van der Waals surface area contributed by atoms with Gasteiger partial charge in [-0.3, -0.25) is 9.40 Å². The van der Waals surface area contributed by atoms with Crippen LogP contribution < -0.4 is 4.72 Å². The van der Waals surface area contributed by atoms with E-state index < -0.39 is 10.0 Å². The van der Waals surface area contributed by atoms with Crippen LogP contribution in [0.25, 0.3) is 0 Å². The molecule has 0 saturated heterocycles. The van der Waals surface area contributed by atoms with E-state index in [-0.39, 0.29) is 11.5 Å². The molecule has 1 aromatic carbocycles. The first-order valence-electron chi connectivity index (χ1n) is 6.32. The van der Waals surface area contributed by atoms with Gasteiger partial charge in [0.2, 0.25) is 0 Å². The number of nitrogens with one attached hydrogen (secondary N) is 1. The second-order valence-corrected chi connectivity index (χ2v) is 7.05. The Hall–Kier alpha value is -1.38. The Kier molecular flexibility index (Phi) is 4.70. The van der Waals surface area contributed by atoms with E-state index in [1.54, 1.807) is 30.1 Å². The zero-order chi connectivity index (χ0) is 15.6. The van der Waals surface area contributed by atoms with E-state index in [0.717, 1.165) is 0 Å². The second kappa shape index (κ2) is 6.17. The minimum atomic E-state index is -3.76. The molecule has 0 aliphatic carbocycles. The topological polar surface area (TPSA) is 84.2 Å². The van der Waals surface area contributed by atoms with Crippen LogP contribution in [0.3, 0.4) is 0 Å². The van der Waals surface area contributed by atoms with Crippen molar-refractivity contribution in [1.82, 2.24) is 9.78 Å². The molecule has 2 aromatic rings. The Bertz CT molecular complexity index is 756. The molecule has 0 aliphatic rings. The third kappa shape index (κ3) is 3.45. The van der Waals surface area contributed by atoms with Gasteiger partial charge in [0.05, 0.1) is 18.0 Å². The molecule has 21 heavy (non-hydrogen) atoms. The minimum absolute atomic E-state index is 0.0833. The maximum atomic E-state index is 12.5.